The molecule has 0 spiro atoms. The first-order valence-electron chi connectivity index (χ1n) is 6.83. The van der Waals surface area contributed by atoms with Gasteiger partial charge in [-0.25, -0.2) is 9.59 Å². The van der Waals surface area contributed by atoms with Crippen LogP contribution in [0.25, 0.3) is 0 Å². The van der Waals surface area contributed by atoms with Gasteiger partial charge >= 0.3 is 12.0 Å². The van der Waals surface area contributed by atoms with Crippen LogP contribution in [0.15, 0.2) is 0 Å². The Balaban J connectivity index is 1.79. The molecule has 2 amide bonds. The third kappa shape index (κ3) is 2.94. The molecule has 0 aromatic rings. The van der Waals surface area contributed by atoms with E-state index in [9.17, 15) is 14.7 Å². The number of nitrogens with one attached hydrogen (secondary N) is 2. The van der Waals surface area contributed by atoms with E-state index in [4.69, 9.17) is 0 Å². The largest absolute Gasteiger partial charge is 0.480 e. The average molecular weight is 254 g/mol. The number of hydrogen-bond acceptors (Lipinski definition) is 2. The van der Waals surface area contributed by atoms with Crippen LogP contribution in [0.2, 0.25) is 0 Å². The van der Waals surface area contributed by atoms with Gasteiger partial charge in [0.15, 0.2) is 0 Å². The molecule has 0 saturated heterocycles. The van der Waals surface area contributed by atoms with E-state index >= 15 is 0 Å². The normalized spacial score (nSPS) is 23.4. The molecule has 1 atom stereocenters. The zero-order valence-electron chi connectivity index (χ0n) is 10.9. The van der Waals surface area contributed by atoms with Crippen LogP contribution in [0.1, 0.15) is 45.4 Å². The second-order valence-corrected chi connectivity index (χ2v) is 5.74. The van der Waals surface area contributed by atoms with Gasteiger partial charge in [0, 0.05) is 6.54 Å². The first-order valence-corrected chi connectivity index (χ1v) is 6.83. The highest BCUT2D eigenvalue weighted by Gasteiger charge is 2.42. The number of aliphatic carboxylic acids is 1. The monoisotopic (exact) mass is 254 g/mol. The van der Waals surface area contributed by atoms with E-state index in [2.05, 4.69) is 17.6 Å². The lowest BCUT2D eigenvalue weighted by Gasteiger charge is -2.25. The number of urea groups is 1. The molecule has 2 fully saturated rings. The van der Waals surface area contributed by atoms with Gasteiger partial charge < -0.3 is 15.7 Å². The van der Waals surface area contributed by atoms with Crippen molar-refractivity contribution in [2.45, 2.75) is 51.0 Å². The summed E-state index contributed by atoms with van der Waals surface area (Å²) in [7, 11) is 0. The first kappa shape index (κ1) is 13.2. The number of carbonyl (C=O) groups excluding carboxylic acids is 1. The molecule has 2 rings (SSSR count). The van der Waals surface area contributed by atoms with Crippen molar-refractivity contribution in [1.29, 1.82) is 0 Å². The molecule has 0 aromatic carbocycles. The van der Waals surface area contributed by atoms with Gasteiger partial charge in [-0.2, -0.15) is 0 Å². The molecule has 2 aliphatic rings. The van der Waals surface area contributed by atoms with Gasteiger partial charge in [-0.3, -0.25) is 0 Å². The van der Waals surface area contributed by atoms with E-state index in [0.717, 1.165) is 18.8 Å². The zero-order valence-corrected chi connectivity index (χ0v) is 10.9. The molecule has 2 saturated carbocycles. The van der Waals surface area contributed by atoms with Gasteiger partial charge in [-0.1, -0.05) is 19.8 Å². The van der Waals surface area contributed by atoms with E-state index in [0.29, 0.717) is 25.3 Å². The average Bonchev–Trinajstić information content (AvgIpc) is 3.07. The van der Waals surface area contributed by atoms with Crippen molar-refractivity contribution >= 4 is 12.0 Å². The van der Waals surface area contributed by atoms with Crippen LogP contribution in [0.5, 0.6) is 0 Å². The third-order valence-electron chi connectivity index (χ3n) is 4.23. The minimum absolute atomic E-state index is 0.341. The van der Waals surface area contributed by atoms with Crippen molar-refractivity contribution in [3.05, 3.63) is 0 Å². The number of carbonyl (C=O) groups is 2. The molecule has 0 radical (unpaired) electrons. The maximum atomic E-state index is 11.8. The second kappa shape index (κ2) is 5.16. The molecule has 102 valence electrons. The van der Waals surface area contributed by atoms with Crippen molar-refractivity contribution in [3.8, 4) is 0 Å². The molecule has 0 aliphatic heterocycles. The van der Waals surface area contributed by atoms with Gasteiger partial charge in [0.1, 0.15) is 5.54 Å². The molecule has 18 heavy (non-hydrogen) atoms. The quantitative estimate of drug-likeness (QED) is 0.699. The lowest BCUT2D eigenvalue weighted by molar-refractivity contribution is -0.144. The van der Waals surface area contributed by atoms with Gasteiger partial charge in [0.25, 0.3) is 0 Å². The fourth-order valence-electron chi connectivity index (χ4n) is 2.72. The van der Waals surface area contributed by atoms with Gasteiger partial charge in [0.2, 0.25) is 0 Å². The van der Waals surface area contributed by atoms with Crippen molar-refractivity contribution < 1.29 is 14.7 Å². The Hall–Kier alpha value is -1.26. The van der Waals surface area contributed by atoms with Crippen LogP contribution in [-0.2, 0) is 4.79 Å². The number of amides is 2. The highest BCUT2D eigenvalue weighted by molar-refractivity contribution is 5.86. The molecule has 2 aliphatic carbocycles. The van der Waals surface area contributed by atoms with Crippen LogP contribution in [0.3, 0.4) is 0 Å². The van der Waals surface area contributed by atoms with Gasteiger partial charge in [0.05, 0.1) is 0 Å². The fourth-order valence-corrected chi connectivity index (χ4v) is 2.72. The Labute approximate surface area is 107 Å². The van der Waals surface area contributed by atoms with Crippen molar-refractivity contribution in [3.63, 3.8) is 0 Å². The standard InChI is InChI=1S/C13H22N2O3/c1-9(10-4-5-10)8-14-12(18)15-13(11(16)17)6-2-3-7-13/h9-10H,2-8H2,1H3,(H,16,17)(H2,14,15,18). The SMILES string of the molecule is CC(CNC(=O)NC1(C(=O)O)CCCC1)C1CC1. The highest BCUT2D eigenvalue weighted by Crippen LogP contribution is 2.36. The number of hydrogen-bond donors (Lipinski definition) is 3. The summed E-state index contributed by atoms with van der Waals surface area (Å²) in [6.45, 7) is 2.76. The first-order chi connectivity index (χ1) is 8.53. The second-order valence-electron chi connectivity index (χ2n) is 5.74. The molecule has 5 nitrogen and oxygen atoms in total. The van der Waals surface area contributed by atoms with Crippen LogP contribution in [0, 0.1) is 11.8 Å². The number of carboxylic acids is 1. The van der Waals surface area contributed by atoms with E-state index in [1.165, 1.54) is 12.8 Å². The lowest BCUT2D eigenvalue weighted by atomic mass is 9.98. The Morgan fingerprint density at radius 2 is 1.94 bits per heavy atom. The summed E-state index contributed by atoms with van der Waals surface area (Å²) < 4.78 is 0. The maximum Gasteiger partial charge on any atom is 0.329 e. The van der Waals surface area contributed by atoms with Crippen LogP contribution in [0.4, 0.5) is 4.79 Å². The summed E-state index contributed by atoms with van der Waals surface area (Å²) in [5, 5.41) is 14.7. The Morgan fingerprint density at radius 1 is 1.33 bits per heavy atom. The van der Waals surface area contributed by atoms with Gasteiger partial charge in [-0.05, 0) is 37.5 Å². The van der Waals surface area contributed by atoms with E-state index < -0.39 is 11.5 Å². The summed E-state index contributed by atoms with van der Waals surface area (Å²) in [5.41, 5.74) is -1.03. The van der Waals surface area contributed by atoms with Crippen molar-refractivity contribution in [1.82, 2.24) is 10.6 Å². The molecule has 0 bridgehead atoms. The summed E-state index contributed by atoms with van der Waals surface area (Å²) >= 11 is 0. The Kier molecular flexibility index (Phi) is 3.78. The fraction of sp³-hybridized carbons (Fsp3) is 0.846. The highest BCUT2D eigenvalue weighted by atomic mass is 16.4. The molecule has 1 unspecified atom stereocenters. The van der Waals surface area contributed by atoms with Crippen LogP contribution < -0.4 is 10.6 Å². The summed E-state index contributed by atoms with van der Waals surface area (Å²) in [4.78, 5) is 23.0. The zero-order chi connectivity index (χ0) is 13.2. The summed E-state index contributed by atoms with van der Waals surface area (Å²) in [5.74, 6) is 0.315. The van der Waals surface area contributed by atoms with Crippen molar-refractivity contribution in [2.75, 3.05) is 6.54 Å². The minimum Gasteiger partial charge on any atom is -0.480 e. The number of rotatable bonds is 5. The molecule has 0 aromatic heterocycles. The van der Waals surface area contributed by atoms with Gasteiger partial charge in [-0.15, -0.1) is 0 Å². The Bertz CT molecular complexity index is 333. The minimum atomic E-state index is -1.03. The topological polar surface area (TPSA) is 78.4 Å². The van der Waals surface area contributed by atoms with Crippen LogP contribution >= 0.6 is 0 Å². The van der Waals surface area contributed by atoms with E-state index in [-0.39, 0.29) is 6.03 Å². The lowest BCUT2D eigenvalue weighted by Crippen LogP contribution is -2.55. The molecule has 3 N–H and O–H groups in total. The summed E-state index contributed by atoms with van der Waals surface area (Å²) in [6.07, 6.45) is 5.31. The smallest absolute Gasteiger partial charge is 0.329 e. The molecular formula is C13H22N2O3. The summed E-state index contributed by atoms with van der Waals surface area (Å²) in [6, 6.07) is -0.341. The molecule has 0 heterocycles. The molecule has 5 heteroatoms. The van der Waals surface area contributed by atoms with E-state index in [1.54, 1.807) is 0 Å². The predicted octanol–water partition coefficient (Wildman–Crippen LogP) is 1.73. The molecular weight excluding hydrogens is 232 g/mol. The van der Waals surface area contributed by atoms with E-state index in [1.807, 2.05) is 0 Å². The van der Waals surface area contributed by atoms with Crippen molar-refractivity contribution in [2.24, 2.45) is 11.8 Å². The predicted molar refractivity (Wildman–Crippen MR) is 67.3 cm³/mol. The maximum absolute atomic E-state index is 11.8. The third-order valence-corrected chi connectivity index (χ3v) is 4.23. The van der Waals surface area contributed by atoms with Crippen LogP contribution in [-0.4, -0.2) is 29.2 Å². The Morgan fingerprint density at radius 3 is 2.44 bits per heavy atom. The number of carboxylic acid groups (broad SMARTS) is 1.